The van der Waals surface area contributed by atoms with Crippen LogP contribution in [0.25, 0.3) is 0 Å². The minimum atomic E-state index is -2.28. The van der Waals surface area contributed by atoms with E-state index in [0.29, 0.717) is 11.3 Å². The fraction of sp³-hybridized carbons (Fsp3) is 0.222. The molecule has 1 aromatic carbocycles. The maximum atomic E-state index is 13.4. The first-order valence-electron chi connectivity index (χ1n) is 8.40. The van der Waals surface area contributed by atoms with Crippen LogP contribution in [-0.4, -0.2) is 40.1 Å². The van der Waals surface area contributed by atoms with E-state index in [1.165, 1.54) is 35.4 Å². The summed E-state index contributed by atoms with van der Waals surface area (Å²) in [6.45, 7) is -0.0567. The van der Waals surface area contributed by atoms with E-state index in [9.17, 15) is 23.9 Å². The summed E-state index contributed by atoms with van der Waals surface area (Å²) in [4.78, 5) is 40.8. The average molecular weight is 423 g/mol. The highest BCUT2D eigenvalue weighted by Crippen LogP contribution is 2.29. The average Bonchev–Trinajstić information content (AvgIpc) is 2.95. The Labute approximate surface area is 169 Å². The number of benzene rings is 1. The molecule has 0 unspecified atom stereocenters. The molecule has 0 radical (unpaired) electrons. The van der Waals surface area contributed by atoms with Gasteiger partial charge in [0.1, 0.15) is 5.82 Å². The maximum Gasteiger partial charge on any atom is 0.411 e. The van der Waals surface area contributed by atoms with Crippen molar-refractivity contribution >= 4 is 35.2 Å². The summed E-state index contributed by atoms with van der Waals surface area (Å²) in [6, 6.07) is 6.51. The topological polar surface area (TPSA) is 135 Å². The molecule has 1 saturated heterocycles. The molecule has 0 aliphatic carbocycles. The molecule has 0 spiro atoms. The number of pyridine rings is 1. The second-order valence-electron chi connectivity index (χ2n) is 6.30. The van der Waals surface area contributed by atoms with Crippen molar-refractivity contribution in [2.45, 2.75) is 18.6 Å². The molecule has 11 heteroatoms. The summed E-state index contributed by atoms with van der Waals surface area (Å²) in [5, 5.41) is 13.2. The van der Waals surface area contributed by atoms with Gasteiger partial charge in [-0.2, -0.15) is 0 Å². The smallest absolute Gasteiger partial charge is 0.391 e. The summed E-state index contributed by atoms with van der Waals surface area (Å²) in [5.41, 5.74) is 3.29. The van der Waals surface area contributed by atoms with Crippen LogP contribution < -0.4 is 20.7 Å². The maximum absolute atomic E-state index is 13.4. The Morgan fingerprint density at radius 3 is 2.76 bits per heavy atom. The van der Waals surface area contributed by atoms with Gasteiger partial charge in [-0.25, -0.2) is 14.2 Å². The predicted octanol–water partition coefficient (Wildman–Crippen LogP) is 1.12. The Morgan fingerprint density at radius 2 is 2.14 bits per heavy atom. The van der Waals surface area contributed by atoms with Crippen LogP contribution in [0.5, 0.6) is 5.88 Å². The first kappa shape index (κ1) is 20.5. The number of hydrogen-bond donors (Lipinski definition) is 3. The lowest BCUT2D eigenvalue weighted by Crippen LogP contribution is -2.52. The first-order chi connectivity index (χ1) is 13.7. The molecule has 2 heterocycles. The quantitative estimate of drug-likeness (QED) is 0.618. The molecule has 0 saturated carbocycles. The van der Waals surface area contributed by atoms with Crippen molar-refractivity contribution in [3.63, 3.8) is 0 Å². The second-order valence-corrected chi connectivity index (χ2v) is 6.74. The summed E-state index contributed by atoms with van der Waals surface area (Å²) in [7, 11) is 0. The van der Waals surface area contributed by atoms with E-state index in [4.69, 9.17) is 17.3 Å². The van der Waals surface area contributed by atoms with Gasteiger partial charge in [0.05, 0.1) is 11.9 Å². The number of carbonyl (C=O) groups excluding carboxylic acids is 3. The molecule has 1 fully saturated rings. The fourth-order valence-electron chi connectivity index (χ4n) is 2.90. The summed E-state index contributed by atoms with van der Waals surface area (Å²) < 4.78 is 18.0. The third kappa shape index (κ3) is 4.44. The molecule has 1 aromatic heterocycles. The first-order valence-corrected chi connectivity index (χ1v) is 8.78. The van der Waals surface area contributed by atoms with Crippen LogP contribution in [-0.2, 0) is 16.1 Å². The van der Waals surface area contributed by atoms with E-state index < -0.39 is 29.3 Å². The van der Waals surface area contributed by atoms with E-state index in [1.807, 2.05) is 0 Å². The molecule has 2 aromatic rings. The molecule has 1 aliphatic heterocycles. The third-order valence-corrected chi connectivity index (χ3v) is 4.50. The highest BCUT2D eigenvalue weighted by atomic mass is 35.5. The Balaban J connectivity index is 1.68. The van der Waals surface area contributed by atoms with Crippen LogP contribution in [0.3, 0.4) is 0 Å². The Morgan fingerprint density at radius 1 is 1.38 bits per heavy atom. The number of halogens is 2. The molecule has 3 amide bonds. The zero-order chi connectivity index (χ0) is 21.2. The molecule has 1 atom stereocenters. The van der Waals surface area contributed by atoms with E-state index in [0.717, 1.165) is 6.07 Å². The van der Waals surface area contributed by atoms with Gasteiger partial charge in [0.25, 0.3) is 11.8 Å². The van der Waals surface area contributed by atoms with Crippen LogP contribution in [0.1, 0.15) is 12.0 Å². The summed E-state index contributed by atoms with van der Waals surface area (Å²) in [6.07, 6.45) is 0.0588. The normalized spacial score (nSPS) is 18.6. The number of carbonyl (C=O) groups is 3. The number of primary amides is 1. The van der Waals surface area contributed by atoms with Crippen LogP contribution in [0, 0.1) is 5.82 Å². The third-order valence-electron chi connectivity index (χ3n) is 4.28. The summed E-state index contributed by atoms with van der Waals surface area (Å²) >= 11 is 5.77. The molecular formula is C18H16ClFN4O5. The van der Waals surface area contributed by atoms with Crippen LogP contribution >= 0.6 is 11.6 Å². The van der Waals surface area contributed by atoms with Crippen molar-refractivity contribution in [2.75, 3.05) is 11.4 Å². The second kappa shape index (κ2) is 8.02. The van der Waals surface area contributed by atoms with Gasteiger partial charge >= 0.3 is 6.09 Å². The van der Waals surface area contributed by atoms with Gasteiger partial charge in [0.2, 0.25) is 11.5 Å². The van der Waals surface area contributed by atoms with E-state index in [-0.39, 0.29) is 30.4 Å². The zero-order valence-electron chi connectivity index (χ0n) is 14.9. The van der Waals surface area contributed by atoms with Gasteiger partial charge in [-0.15, -0.1) is 0 Å². The minimum Gasteiger partial charge on any atom is -0.391 e. The van der Waals surface area contributed by atoms with E-state index in [2.05, 4.69) is 15.0 Å². The lowest BCUT2D eigenvalue weighted by atomic mass is 10.0. The SMILES string of the molecule is NC(=O)Oc1ccc(N2CC[C@@](O)(C(=O)NCc3cc(F)cc(Cl)c3)C2=O)cn1. The van der Waals surface area contributed by atoms with Gasteiger partial charge in [-0.1, -0.05) is 11.6 Å². The number of nitrogens with two attached hydrogens (primary N) is 1. The minimum absolute atomic E-state index is 0.0605. The number of nitrogens with one attached hydrogen (secondary N) is 1. The van der Waals surface area contributed by atoms with Crippen molar-refractivity contribution in [1.82, 2.24) is 10.3 Å². The van der Waals surface area contributed by atoms with Gasteiger partial charge in [0.15, 0.2) is 0 Å². The highest BCUT2D eigenvalue weighted by molar-refractivity contribution is 6.30. The number of amides is 3. The van der Waals surface area contributed by atoms with E-state index >= 15 is 0 Å². The van der Waals surface area contributed by atoms with Crippen molar-refractivity contribution in [3.05, 3.63) is 52.9 Å². The Bertz CT molecular complexity index is 951. The molecule has 1 aliphatic rings. The number of hydrogen-bond acceptors (Lipinski definition) is 6. The van der Waals surface area contributed by atoms with Crippen molar-refractivity contribution in [1.29, 1.82) is 0 Å². The standard InChI is InChI=1S/C18H16ClFN4O5/c19-11-5-10(6-12(20)7-11)8-23-15(25)18(28)3-4-24(16(18)26)13-1-2-14(22-9-13)29-17(21)27/h1-2,5-7,9,28H,3-4,8H2,(H2,21,27)(H,23,25)/t18-/m1/s1. The molecule has 4 N–H and O–H groups in total. The molecule has 9 nitrogen and oxygen atoms in total. The van der Waals surface area contributed by atoms with Crippen LogP contribution in [0.4, 0.5) is 14.9 Å². The summed E-state index contributed by atoms with van der Waals surface area (Å²) in [5.74, 6) is -2.38. The van der Waals surface area contributed by atoms with Gasteiger partial charge in [-0.3, -0.25) is 9.59 Å². The zero-order valence-corrected chi connectivity index (χ0v) is 15.6. The van der Waals surface area contributed by atoms with Gasteiger partial charge in [0, 0.05) is 30.6 Å². The number of nitrogens with zero attached hydrogens (tertiary/aromatic N) is 2. The Hall–Kier alpha value is -3.24. The lowest BCUT2D eigenvalue weighted by Gasteiger charge is -2.21. The predicted molar refractivity (Wildman–Crippen MR) is 99.6 cm³/mol. The lowest BCUT2D eigenvalue weighted by molar-refractivity contribution is -0.149. The number of ether oxygens (including phenoxy) is 1. The largest absolute Gasteiger partial charge is 0.411 e. The fourth-order valence-corrected chi connectivity index (χ4v) is 3.14. The van der Waals surface area contributed by atoms with Gasteiger partial charge in [-0.05, 0) is 29.8 Å². The highest BCUT2D eigenvalue weighted by Gasteiger charge is 2.51. The van der Waals surface area contributed by atoms with Crippen molar-refractivity contribution in [2.24, 2.45) is 5.73 Å². The number of aromatic nitrogens is 1. The number of rotatable bonds is 5. The number of aliphatic hydroxyl groups is 1. The monoisotopic (exact) mass is 422 g/mol. The van der Waals surface area contributed by atoms with Crippen LogP contribution in [0.2, 0.25) is 5.02 Å². The Kier molecular flexibility index (Phi) is 5.66. The van der Waals surface area contributed by atoms with E-state index in [1.54, 1.807) is 0 Å². The number of anilines is 1. The molecular weight excluding hydrogens is 407 g/mol. The molecule has 0 bridgehead atoms. The van der Waals surface area contributed by atoms with Crippen LogP contribution in [0.15, 0.2) is 36.5 Å². The molecule has 29 heavy (non-hydrogen) atoms. The van der Waals surface area contributed by atoms with Crippen molar-refractivity contribution in [3.8, 4) is 5.88 Å². The molecule has 3 rings (SSSR count). The van der Waals surface area contributed by atoms with Gasteiger partial charge < -0.3 is 25.8 Å². The molecule has 152 valence electrons. The van der Waals surface area contributed by atoms with Crippen molar-refractivity contribution < 1.29 is 28.6 Å².